The van der Waals surface area contributed by atoms with Gasteiger partial charge in [0.05, 0.1) is 6.04 Å². The summed E-state index contributed by atoms with van der Waals surface area (Å²) in [6.07, 6.45) is 3.14. The van der Waals surface area contributed by atoms with E-state index in [1.165, 1.54) is 20.3 Å². The summed E-state index contributed by atoms with van der Waals surface area (Å²) in [5, 5.41) is 8.00. The van der Waals surface area contributed by atoms with Crippen molar-refractivity contribution in [1.82, 2.24) is 0 Å². The molecule has 0 bridgehead atoms. The third-order valence-electron chi connectivity index (χ3n) is 3.28. The highest BCUT2D eigenvalue weighted by Gasteiger charge is 2.14. The van der Waals surface area contributed by atoms with Crippen molar-refractivity contribution in [2.45, 2.75) is 17.4 Å². The molecule has 0 amide bonds. The van der Waals surface area contributed by atoms with Gasteiger partial charge >= 0.3 is 0 Å². The van der Waals surface area contributed by atoms with Gasteiger partial charge in [-0.05, 0) is 47.3 Å². The van der Waals surface area contributed by atoms with E-state index in [0.29, 0.717) is 6.04 Å². The molecule has 0 aliphatic heterocycles. The summed E-state index contributed by atoms with van der Waals surface area (Å²) in [7, 11) is 0. The van der Waals surface area contributed by atoms with E-state index in [2.05, 4.69) is 70.9 Å². The minimum Gasteiger partial charge on any atom is -0.377 e. The summed E-state index contributed by atoms with van der Waals surface area (Å²) in [5.74, 6) is 0. The van der Waals surface area contributed by atoms with Crippen molar-refractivity contribution < 1.29 is 0 Å². The Balaban J connectivity index is 1.81. The molecule has 0 aliphatic rings. The van der Waals surface area contributed by atoms with Crippen LogP contribution in [-0.2, 0) is 6.42 Å². The minimum absolute atomic E-state index is 0.334. The molecule has 2 aromatic heterocycles. The standard InChI is InChI=1S/C17H17NS3/c1-19-14-6-2-5-13(11-14)18-16(17-8-4-10-21-17)12-15-7-3-9-20-15/h2-11,16,18H,12H2,1H3. The molecule has 0 spiro atoms. The van der Waals surface area contributed by atoms with Crippen LogP contribution in [0.2, 0.25) is 0 Å². The van der Waals surface area contributed by atoms with Crippen LogP contribution in [-0.4, -0.2) is 6.26 Å². The van der Waals surface area contributed by atoms with Crippen LogP contribution in [0, 0.1) is 0 Å². The zero-order valence-electron chi connectivity index (χ0n) is 11.8. The quantitative estimate of drug-likeness (QED) is 0.562. The summed E-state index contributed by atoms with van der Waals surface area (Å²) in [6, 6.07) is 17.6. The number of rotatable bonds is 6. The lowest BCUT2D eigenvalue weighted by Crippen LogP contribution is -2.11. The molecular weight excluding hydrogens is 314 g/mol. The lowest BCUT2D eigenvalue weighted by molar-refractivity contribution is 0.802. The third-order valence-corrected chi connectivity index (χ3v) is 5.89. The van der Waals surface area contributed by atoms with E-state index in [1.54, 1.807) is 11.8 Å². The topological polar surface area (TPSA) is 12.0 Å². The van der Waals surface area contributed by atoms with Crippen LogP contribution in [0.3, 0.4) is 0 Å². The monoisotopic (exact) mass is 331 g/mol. The highest BCUT2D eigenvalue weighted by Crippen LogP contribution is 2.29. The second kappa shape index (κ2) is 7.16. The molecule has 1 unspecified atom stereocenters. The van der Waals surface area contributed by atoms with Crippen molar-refractivity contribution in [3.63, 3.8) is 0 Å². The number of anilines is 1. The van der Waals surface area contributed by atoms with Crippen molar-refractivity contribution in [3.8, 4) is 0 Å². The second-order valence-electron chi connectivity index (χ2n) is 4.73. The van der Waals surface area contributed by atoms with E-state index < -0.39 is 0 Å². The van der Waals surface area contributed by atoms with E-state index in [1.807, 2.05) is 22.7 Å². The Morgan fingerprint density at radius 3 is 2.62 bits per heavy atom. The van der Waals surface area contributed by atoms with Crippen molar-refractivity contribution in [3.05, 3.63) is 69.0 Å². The Morgan fingerprint density at radius 1 is 1.05 bits per heavy atom. The van der Waals surface area contributed by atoms with Crippen LogP contribution >= 0.6 is 34.4 Å². The predicted octanol–water partition coefficient (Wildman–Crippen LogP) is 5.93. The normalized spacial score (nSPS) is 12.2. The van der Waals surface area contributed by atoms with Gasteiger partial charge in [-0.15, -0.1) is 34.4 Å². The Labute approximate surface area is 138 Å². The van der Waals surface area contributed by atoms with Crippen molar-refractivity contribution in [2.24, 2.45) is 0 Å². The van der Waals surface area contributed by atoms with Gasteiger partial charge in [0, 0.05) is 26.8 Å². The van der Waals surface area contributed by atoms with Crippen LogP contribution < -0.4 is 5.32 Å². The fourth-order valence-corrected chi connectivity index (χ4v) is 4.25. The Kier molecular flexibility index (Phi) is 5.01. The molecule has 21 heavy (non-hydrogen) atoms. The van der Waals surface area contributed by atoms with Crippen molar-refractivity contribution in [2.75, 3.05) is 11.6 Å². The Hall–Kier alpha value is -1.23. The first-order valence-electron chi connectivity index (χ1n) is 6.81. The van der Waals surface area contributed by atoms with Gasteiger partial charge in [0.1, 0.15) is 0 Å². The van der Waals surface area contributed by atoms with E-state index in [4.69, 9.17) is 0 Å². The number of benzene rings is 1. The largest absolute Gasteiger partial charge is 0.377 e. The predicted molar refractivity (Wildman–Crippen MR) is 96.9 cm³/mol. The number of hydrogen-bond acceptors (Lipinski definition) is 4. The highest BCUT2D eigenvalue weighted by atomic mass is 32.2. The van der Waals surface area contributed by atoms with Crippen LogP contribution in [0.1, 0.15) is 15.8 Å². The fraction of sp³-hybridized carbons (Fsp3) is 0.176. The van der Waals surface area contributed by atoms with Gasteiger partial charge in [-0.25, -0.2) is 0 Å². The summed E-state index contributed by atoms with van der Waals surface area (Å²) in [6.45, 7) is 0. The molecule has 3 aromatic rings. The maximum Gasteiger partial charge on any atom is 0.0654 e. The molecule has 2 heterocycles. The first-order chi connectivity index (χ1) is 10.3. The average Bonchev–Trinajstić information content (AvgIpc) is 3.20. The molecule has 1 nitrogen and oxygen atoms in total. The molecule has 0 radical (unpaired) electrons. The van der Waals surface area contributed by atoms with E-state index in [-0.39, 0.29) is 0 Å². The van der Waals surface area contributed by atoms with Crippen molar-refractivity contribution >= 4 is 40.1 Å². The zero-order chi connectivity index (χ0) is 14.5. The Bertz CT molecular complexity index is 659. The van der Waals surface area contributed by atoms with Crippen molar-refractivity contribution in [1.29, 1.82) is 0 Å². The second-order valence-corrected chi connectivity index (χ2v) is 7.62. The summed E-state index contributed by atoms with van der Waals surface area (Å²) in [4.78, 5) is 4.10. The SMILES string of the molecule is CSc1cccc(NC(Cc2cccs2)c2cccs2)c1. The van der Waals surface area contributed by atoms with Gasteiger partial charge in [0.2, 0.25) is 0 Å². The number of nitrogens with one attached hydrogen (secondary N) is 1. The maximum absolute atomic E-state index is 3.70. The maximum atomic E-state index is 3.70. The molecule has 0 saturated carbocycles. The molecule has 3 rings (SSSR count). The van der Waals surface area contributed by atoms with E-state index in [9.17, 15) is 0 Å². The Morgan fingerprint density at radius 2 is 1.90 bits per heavy atom. The lowest BCUT2D eigenvalue weighted by atomic mass is 10.1. The number of thiophene rings is 2. The van der Waals surface area contributed by atoms with Crippen LogP contribution in [0.4, 0.5) is 5.69 Å². The lowest BCUT2D eigenvalue weighted by Gasteiger charge is -2.18. The van der Waals surface area contributed by atoms with E-state index in [0.717, 1.165) is 6.42 Å². The highest BCUT2D eigenvalue weighted by molar-refractivity contribution is 7.98. The van der Waals surface area contributed by atoms with Gasteiger partial charge in [0.15, 0.2) is 0 Å². The molecule has 1 atom stereocenters. The molecule has 0 aliphatic carbocycles. The number of hydrogen-bond donors (Lipinski definition) is 1. The number of thioether (sulfide) groups is 1. The first kappa shape index (κ1) is 14.7. The summed E-state index contributed by atoms with van der Waals surface area (Å²) in [5.41, 5.74) is 1.19. The average molecular weight is 332 g/mol. The molecule has 1 aromatic carbocycles. The van der Waals surface area contributed by atoms with Gasteiger partial charge in [0.25, 0.3) is 0 Å². The molecular formula is C17H17NS3. The molecule has 1 N–H and O–H groups in total. The molecule has 4 heteroatoms. The fourth-order valence-electron chi connectivity index (χ4n) is 2.26. The first-order valence-corrected chi connectivity index (χ1v) is 9.80. The molecule has 0 fully saturated rings. The zero-order valence-corrected chi connectivity index (χ0v) is 14.2. The summed E-state index contributed by atoms with van der Waals surface area (Å²) >= 11 is 5.42. The minimum atomic E-state index is 0.334. The van der Waals surface area contributed by atoms with Crippen LogP contribution in [0.15, 0.2) is 64.2 Å². The van der Waals surface area contributed by atoms with Gasteiger partial charge < -0.3 is 5.32 Å². The van der Waals surface area contributed by atoms with Gasteiger partial charge in [-0.1, -0.05) is 18.2 Å². The molecule has 108 valence electrons. The molecule has 0 saturated heterocycles. The van der Waals surface area contributed by atoms with Gasteiger partial charge in [-0.3, -0.25) is 0 Å². The van der Waals surface area contributed by atoms with Gasteiger partial charge in [-0.2, -0.15) is 0 Å². The summed E-state index contributed by atoms with van der Waals surface area (Å²) < 4.78 is 0. The van der Waals surface area contributed by atoms with Crippen LogP contribution in [0.25, 0.3) is 0 Å². The smallest absolute Gasteiger partial charge is 0.0654 e. The van der Waals surface area contributed by atoms with Crippen LogP contribution in [0.5, 0.6) is 0 Å². The van der Waals surface area contributed by atoms with E-state index >= 15 is 0 Å². The third kappa shape index (κ3) is 3.90.